The van der Waals surface area contributed by atoms with Crippen LogP contribution in [0.4, 0.5) is 0 Å². The molecule has 11 atom stereocenters. The zero-order valence-electron chi connectivity index (χ0n) is 20.8. The van der Waals surface area contributed by atoms with Crippen molar-refractivity contribution < 1.29 is 35.0 Å². The van der Waals surface area contributed by atoms with Crippen molar-refractivity contribution in [2.75, 3.05) is 6.61 Å². The van der Waals surface area contributed by atoms with Crippen LogP contribution in [-0.2, 0) is 9.47 Å². The highest BCUT2D eigenvalue weighted by Crippen LogP contribution is 2.63. The molecule has 7 nitrogen and oxygen atoms in total. The Labute approximate surface area is 198 Å². The molecule has 1 heterocycles. The third-order valence-corrected chi connectivity index (χ3v) is 9.39. The maximum atomic E-state index is 10.6. The highest BCUT2D eigenvalue weighted by molar-refractivity contribution is 5.24. The summed E-state index contributed by atoms with van der Waals surface area (Å²) in [4.78, 5) is 0. The number of fused-ring (bicyclic) bond motifs is 1. The second-order valence-corrected chi connectivity index (χ2v) is 11.3. The first kappa shape index (κ1) is 26.8. The van der Waals surface area contributed by atoms with Crippen LogP contribution < -0.4 is 0 Å². The average molecular weight is 469 g/mol. The lowest BCUT2D eigenvalue weighted by Crippen LogP contribution is -2.63. The van der Waals surface area contributed by atoms with Crippen LogP contribution in [0.15, 0.2) is 24.3 Å². The van der Waals surface area contributed by atoms with Gasteiger partial charge in [0.25, 0.3) is 0 Å². The van der Waals surface area contributed by atoms with Gasteiger partial charge in [-0.1, -0.05) is 38.5 Å². The van der Waals surface area contributed by atoms with E-state index in [-0.39, 0.29) is 28.8 Å². The van der Waals surface area contributed by atoms with Gasteiger partial charge in [-0.3, -0.25) is 0 Å². The zero-order chi connectivity index (χ0) is 24.8. The van der Waals surface area contributed by atoms with Gasteiger partial charge in [-0.2, -0.15) is 0 Å². The van der Waals surface area contributed by atoms with E-state index < -0.39 is 42.9 Å². The number of aliphatic hydroxyl groups excluding tert-OH is 4. The molecule has 0 bridgehead atoms. The molecule has 5 N–H and O–H groups in total. The lowest BCUT2D eigenvalue weighted by molar-refractivity contribution is -0.327. The number of aliphatic hydroxyl groups is 5. The Hall–Kier alpha value is -0.800. The van der Waals surface area contributed by atoms with E-state index in [1.807, 2.05) is 0 Å². The summed E-state index contributed by atoms with van der Waals surface area (Å²) >= 11 is 0. The molecule has 2 aliphatic carbocycles. The molecule has 1 saturated carbocycles. The fraction of sp³-hybridized carbons (Fsp3) is 0.846. The molecule has 33 heavy (non-hydrogen) atoms. The van der Waals surface area contributed by atoms with Gasteiger partial charge in [0.15, 0.2) is 6.29 Å². The maximum Gasteiger partial charge on any atom is 0.187 e. The van der Waals surface area contributed by atoms with Gasteiger partial charge in [0, 0.05) is 5.41 Å². The molecule has 1 saturated heterocycles. The predicted octanol–water partition coefficient (Wildman–Crippen LogP) is 2.30. The van der Waals surface area contributed by atoms with Crippen LogP contribution >= 0.6 is 0 Å². The van der Waals surface area contributed by atoms with Crippen molar-refractivity contribution in [1.82, 2.24) is 0 Å². The molecule has 0 aromatic heterocycles. The van der Waals surface area contributed by atoms with Crippen LogP contribution in [0.3, 0.4) is 0 Å². The van der Waals surface area contributed by atoms with Crippen LogP contribution in [0.25, 0.3) is 0 Å². The van der Waals surface area contributed by atoms with Crippen LogP contribution in [-0.4, -0.2) is 74.6 Å². The monoisotopic (exact) mass is 468 g/mol. The molecule has 190 valence electrons. The Kier molecular flexibility index (Phi) is 7.87. The van der Waals surface area contributed by atoms with Crippen molar-refractivity contribution >= 4 is 0 Å². The number of allylic oxidation sites excluding steroid dienone is 1. The van der Waals surface area contributed by atoms with E-state index in [4.69, 9.17) is 9.47 Å². The molecule has 3 rings (SSSR count). The predicted molar refractivity (Wildman–Crippen MR) is 125 cm³/mol. The van der Waals surface area contributed by atoms with E-state index in [0.29, 0.717) is 6.42 Å². The normalized spacial score (nSPS) is 47.9. The zero-order valence-corrected chi connectivity index (χ0v) is 20.8. The minimum Gasteiger partial charge on any atom is -0.394 e. The molecule has 3 aliphatic rings. The topological polar surface area (TPSA) is 120 Å². The second kappa shape index (κ2) is 9.69. The Bertz CT molecular complexity index is 734. The van der Waals surface area contributed by atoms with E-state index in [0.717, 1.165) is 25.7 Å². The molecular weight excluding hydrogens is 424 g/mol. The van der Waals surface area contributed by atoms with Crippen molar-refractivity contribution in [3.8, 4) is 0 Å². The second-order valence-electron chi connectivity index (χ2n) is 11.3. The Morgan fingerprint density at radius 1 is 1.24 bits per heavy atom. The van der Waals surface area contributed by atoms with E-state index in [1.165, 1.54) is 5.57 Å². The van der Waals surface area contributed by atoms with Gasteiger partial charge in [-0.05, 0) is 63.2 Å². The first-order valence-corrected chi connectivity index (χ1v) is 12.3. The van der Waals surface area contributed by atoms with Crippen LogP contribution in [0.5, 0.6) is 0 Å². The standard InChI is InChI=1S/C26H44O7/c1-7-24(4,31)11-12-25(5)16(3)13-19(26(6)15(2)9-8-10-18(25)26)33-23-22(30)21(29)20(28)17(14-27)32-23/h7,9,16-23,27-31H,1,8,10-14H2,2-6H3. The first-order chi connectivity index (χ1) is 15.3. The first-order valence-electron chi connectivity index (χ1n) is 12.3. The third-order valence-electron chi connectivity index (χ3n) is 9.39. The third kappa shape index (κ3) is 4.70. The minimum atomic E-state index is -1.46. The molecule has 0 aromatic carbocycles. The van der Waals surface area contributed by atoms with Gasteiger partial charge in [0.1, 0.15) is 24.4 Å². The van der Waals surface area contributed by atoms with Crippen LogP contribution in [0.2, 0.25) is 0 Å². The van der Waals surface area contributed by atoms with Gasteiger partial charge < -0.3 is 35.0 Å². The van der Waals surface area contributed by atoms with E-state index in [1.54, 1.807) is 13.0 Å². The summed E-state index contributed by atoms with van der Waals surface area (Å²) in [6.45, 7) is 14.0. The van der Waals surface area contributed by atoms with Crippen molar-refractivity contribution in [3.05, 3.63) is 24.3 Å². The lowest BCUT2D eigenvalue weighted by Gasteiger charge is -2.61. The molecule has 7 heteroatoms. The number of hydrogen-bond acceptors (Lipinski definition) is 7. The van der Waals surface area contributed by atoms with Gasteiger partial charge in [-0.15, -0.1) is 6.58 Å². The average Bonchev–Trinajstić information content (AvgIpc) is 2.78. The lowest BCUT2D eigenvalue weighted by atomic mass is 9.45. The largest absolute Gasteiger partial charge is 0.394 e. The molecular formula is C26H44O7. The van der Waals surface area contributed by atoms with Crippen LogP contribution in [0, 0.1) is 22.7 Å². The molecule has 0 amide bonds. The molecule has 1 aliphatic heterocycles. The Morgan fingerprint density at radius 2 is 1.91 bits per heavy atom. The van der Waals surface area contributed by atoms with E-state index in [9.17, 15) is 25.5 Å². The fourth-order valence-electron chi connectivity index (χ4n) is 6.52. The van der Waals surface area contributed by atoms with Crippen LogP contribution in [0.1, 0.15) is 66.7 Å². The summed E-state index contributed by atoms with van der Waals surface area (Å²) in [7, 11) is 0. The number of rotatable bonds is 7. The van der Waals surface area contributed by atoms with Gasteiger partial charge in [-0.25, -0.2) is 0 Å². The van der Waals surface area contributed by atoms with Crippen molar-refractivity contribution in [2.45, 2.75) is 109 Å². The smallest absolute Gasteiger partial charge is 0.187 e. The molecule has 0 radical (unpaired) electrons. The fourth-order valence-corrected chi connectivity index (χ4v) is 6.52. The molecule has 2 fully saturated rings. The van der Waals surface area contributed by atoms with Crippen molar-refractivity contribution in [3.63, 3.8) is 0 Å². The quantitative estimate of drug-likeness (QED) is 0.364. The summed E-state index contributed by atoms with van der Waals surface area (Å²) in [6.07, 6.45) is 1.37. The summed E-state index contributed by atoms with van der Waals surface area (Å²) in [6, 6.07) is 0. The summed E-state index contributed by atoms with van der Waals surface area (Å²) in [5, 5.41) is 51.1. The van der Waals surface area contributed by atoms with Crippen molar-refractivity contribution in [1.29, 1.82) is 0 Å². The highest BCUT2D eigenvalue weighted by atomic mass is 16.7. The number of ether oxygens (including phenoxy) is 2. The Balaban J connectivity index is 1.90. The van der Waals surface area contributed by atoms with Gasteiger partial charge >= 0.3 is 0 Å². The molecule has 11 unspecified atom stereocenters. The summed E-state index contributed by atoms with van der Waals surface area (Å²) in [5.74, 6) is 0.561. The van der Waals surface area contributed by atoms with Crippen molar-refractivity contribution in [2.24, 2.45) is 22.7 Å². The highest BCUT2D eigenvalue weighted by Gasteiger charge is 2.59. The van der Waals surface area contributed by atoms with E-state index in [2.05, 4.69) is 40.3 Å². The summed E-state index contributed by atoms with van der Waals surface area (Å²) < 4.78 is 12.1. The summed E-state index contributed by atoms with van der Waals surface area (Å²) in [5.41, 5.74) is -0.0327. The Morgan fingerprint density at radius 3 is 2.52 bits per heavy atom. The number of hydrogen-bond donors (Lipinski definition) is 5. The molecule has 0 aromatic rings. The minimum absolute atomic E-state index is 0.0352. The maximum absolute atomic E-state index is 10.6. The SMILES string of the molecule is C=CC(C)(O)CCC1(C)C(C)CC(OC2OC(CO)C(O)C(O)C2O)C2(C)C(C)=CCCC12. The van der Waals surface area contributed by atoms with Gasteiger partial charge in [0.2, 0.25) is 0 Å². The molecule has 0 spiro atoms. The van der Waals surface area contributed by atoms with Gasteiger partial charge in [0.05, 0.1) is 18.3 Å². The van der Waals surface area contributed by atoms with E-state index >= 15 is 0 Å².